The molecule has 0 radical (unpaired) electrons. The Kier molecular flexibility index (Phi) is 7.78. The summed E-state index contributed by atoms with van der Waals surface area (Å²) >= 11 is 1.46. The van der Waals surface area contributed by atoms with Crippen molar-refractivity contribution in [1.82, 2.24) is 19.0 Å². The second-order valence-electron chi connectivity index (χ2n) is 7.05. The van der Waals surface area contributed by atoms with Crippen LogP contribution < -0.4 is 9.62 Å². The molecule has 9 heteroatoms. The number of benzene rings is 1. The van der Waals surface area contributed by atoms with E-state index in [4.69, 9.17) is 4.98 Å². The molecule has 1 saturated heterocycles. The van der Waals surface area contributed by atoms with Gasteiger partial charge in [-0.05, 0) is 12.0 Å². The van der Waals surface area contributed by atoms with E-state index in [2.05, 4.69) is 31.0 Å². The predicted molar refractivity (Wildman–Crippen MR) is 115 cm³/mol. The highest BCUT2D eigenvalue weighted by Gasteiger charge is 2.20. The molecule has 2 aromatic rings. The highest BCUT2D eigenvalue weighted by atomic mass is 32.2. The van der Waals surface area contributed by atoms with Crippen LogP contribution in [0.4, 0.5) is 5.13 Å². The van der Waals surface area contributed by atoms with Gasteiger partial charge in [0.1, 0.15) is 5.82 Å². The van der Waals surface area contributed by atoms with Crippen molar-refractivity contribution in [2.45, 2.75) is 26.2 Å². The second-order valence-corrected chi connectivity index (χ2v) is 9.71. The van der Waals surface area contributed by atoms with Gasteiger partial charge in [-0.15, -0.1) is 0 Å². The molecule has 0 bridgehead atoms. The Hall–Kier alpha value is -1.55. The Morgan fingerprint density at radius 3 is 2.61 bits per heavy atom. The van der Waals surface area contributed by atoms with Crippen LogP contribution in [0.2, 0.25) is 0 Å². The maximum absolute atomic E-state index is 11.8. The van der Waals surface area contributed by atoms with Gasteiger partial charge >= 0.3 is 0 Å². The maximum Gasteiger partial charge on any atom is 0.211 e. The van der Waals surface area contributed by atoms with Crippen molar-refractivity contribution in [3.63, 3.8) is 0 Å². The maximum atomic E-state index is 11.8. The number of nitrogens with zero attached hydrogens (tertiary/aromatic N) is 4. The summed E-state index contributed by atoms with van der Waals surface area (Å²) in [6.45, 7) is 6.82. The first kappa shape index (κ1) is 21.2. The molecule has 1 N–H and O–H groups in total. The van der Waals surface area contributed by atoms with E-state index in [0.29, 0.717) is 13.0 Å². The van der Waals surface area contributed by atoms with E-state index in [1.54, 1.807) is 0 Å². The Morgan fingerprint density at radius 1 is 1.14 bits per heavy atom. The van der Waals surface area contributed by atoms with Crippen molar-refractivity contribution in [2.24, 2.45) is 0 Å². The lowest BCUT2D eigenvalue weighted by Crippen LogP contribution is -2.48. The van der Waals surface area contributed by atoms with Crippen molar-refractivity contribution in [1.29, 1.82) is 0 Å². The lowest BCUT2D eigenvalue weighted by atomic mass is 10.1. The van der Waals surface area contributed by atoms with Crippen LogP contribution in [0, 0.1) is 0 Å². The number of nitrogens with one attached hydrogen (secondary N) is 1. The summed E-state index contributed by atoms with van der Waals surface area (Å²) in [5, 5.41) is 0.978. The first-order valence-corrected chi connectivity index (χ1v) is 12.3. The van der Waals surface area contributed by atoms with Crippen molar-refractivity contribution in [2.75, 3.05) is 49.9 Å². The molecule has 2 heterocycles. The molecule has 28 heavy (non-hydrogen) atoms. The quantitative estimate of drug-likeness (QED) is 0.630. The molecule has 0 spiro atoms. The van der Waals surface area contributed by atoms with Gasteiger partial charge in [0.2, 0.25) is 15.2 Å². The zero-order valence-corrected chi connectivity index (χ0v) is 18.0. The molecule has 1 aromatic carbocycles. The molecule has 1 aliphatic heterocycles. The van der Waals surface area contributed by atoms with E-state index in [0.717, 1.165) is 56.5 Å². The molecule has 154 valence electrons. The zero-order chi connectivity index (χ0) is 19.8. The minimum atomic E-state index is -3.13. The van der Waals surface area contributed by atoms with E-state index >= 15 is 0 Å². The van der Waals surface area contributed by atoms with Gasteiger partial charge in [-0.1, -0.05) is 43.7 Å². The normalized spacial score (nSPS) is 15.8. The van der Waals surface area contributed by atoms with Gasteiger partial charge in [-0.2, -0.15) is 4.37 Å². The van der Waals surface area contributed by atoms with E-state index in [1.165, 1.54) is 17.1 Å². The van der Waals surface area contributed by atoms with Crippen LogP contribution >= 0.6 is 11.5 Å². The number of sulfonamides is 1. The summed E-state index contributed by atoms with van der Waals surface area (Å²) < 4.78 is 30.9. The van der Waals surface area contributed by atoms with Crippen LogP contribution in [0.25, 0.3) is 0 Å². The van der Waals surface area contributed by atoms with E-state index in [-0.39, 0.29) is 5.75 Å². The minimum Gasteiger partial charge on any atom is -0.344 e. The number of anilines is 1. The van der Waals surface area contributed by atoms with Crippen LogP contribution in [0.3, 0.4) is 0 Å². The van der Waals surface area contributed by atoms with Crippen molar-refractivity contribution in [3.05, 3.63) is 41.7 Å². The summed E-state index contributed by atoms with van der Waals surface area (Å²) in [6, 6.07) is 10.3. The molecule has 0 atom stereocenters. The topological polar surface area (TPSA) is 78.4 Å². The number of hydrogen-bond donors (Lipinski definition) is 1. The molecular weight excluding hydrogens is 394 g/mol. The van der Waals surface area contributed by atoms with E-state index < -0.39 is 10.0 Å². The largest absolute Gasteiger partial charge is 0.344 e. The summed E-state index contributed by atoms with van der Waals surface area (Å²) in [7, 11) is -3.13. The van der Waals surface area contributed by atoms with Crippen LogP contribution in [-0.2, 0) is 16.4 Å². The van der Waals surface area contributed by atoms with Crippen molar-refractivity contribution >= 4 is 26.7 Å². The van der Waals surface area contributed by atoms with Gasteiger partial charge < -0.3 is 4.90 Å². The van der Waals surface area contributed by atoms with Crippen LogP contribution in [0.5, 0.6) is 0 Å². The number of unbranched alkanes of at least 4 members (excludes halogenated alkanes) is 1. The minimum absolute atomic E-state index is 0.222. The first-order valence-electron chi connectivity index (χ1n) is 9.87. The Balaban J connectivity index is 1.41. The fraction of sp³-hybridized carbons (Fsp3) is 0.579. The summed E-state index contributed by atoms with van der Waals surface area (Å²) in [4.78, 5) is 9.27. The summed E-state index contributed by atoms with van der Waals surface area (Å²) in [5.74, 6) is 1.09. The third kappa shape index (κ3) is 6.51. The number of piperazine rings is 1. The molecule has 3 rings (SSSR count). The smallest absolute Gasteiger partial charge is 0.211 e. The molecule has 0 aliphatic carbocycles. The van der Waals surface area contributed by atoms with Gasteiger partial charge in [-0.3, -0.25) is 4.90 Å². The molecule has 1 aliphatic rings. The third-order valence-corrected chi connectivity index (χ3v) is 7.11. The fourth-order valence-electron chi connectivity index (χ4n) is 3.15. The monoisotopic (exact) mass is 423 g/mol. The van der Waals surface area contributed by atoms with Crippen LogP contribution in [0.1, 0.15) is 31.2 Å². The van der Waals surface area contributed by atoms with Crippen LogP contribution in [0.15, 0.2) is 30.3 Å². The van der Waals surface area contributed by atoms with Gasteiger partial charge in [0.05, 0.1) is 5.75 Å². The number of rotatable bonds is 10. The van der Waals surface area contributed by atoms with Gasteiger partial charge in [0.25, 0.3) is 0 Å². The lowest BCUT2D eigenvalue weighted by molar-refractivity contribution is 0.262. The average Bonchev–Trinajstić information content (AvgIpc) is 3.16. The van der Waals surface area contributed by atoms with Gasteiger partial charge in [0, 0.05) is 57.2 Å². The number of hydrogen-bond acceptors (Lipinski definition) is 7. The third-order valence-electron chi connectivity index (χ3n) is 4.82. The molecular formula is C19H29N5O2S2. The SMILES string of the molecule is CCCCS(=O)(=O)NCCN1CCN(c2nc(Cc3ccccc3)ns2)CC1. The second kappa shape index (κ2) is 10.3. The van der Waals surface area contributed by atoms with Crippen molar-refractivity contribution in [3.8, 4) is 0 Å². The summed E-state index contributed by atoms with van der Waals surface area (Å²) in [6.07, 6.45) is 2.36. The van der Waals surface area contributed by atoms with Gasteiger partial charge in [-0.25, -0.2) is 18.1 Å². The molecule has 0 saturated carbocycles. The van der Waals surface area contributed by atoms with Crippen LogP contribution in [-0.4, -0.2) is 67.7 Å². The Morgan fingerprint density at radius 2 is 1.89 bits per heavy atom. The Labute approximate surface area is 172 Å². The highest BCUT2D eigenvalue weighted by Crippen LogP contribution is 2.20. The van der Waals surface area contributed by atoms with Gasteiger partial charge in [0.15, 0.2) is 0 Å². The lowest BCUT2D eigenvalue weighted by Gasteiger charge is -2.34. The molecule has 1 fully saturated rings. The van der Waals surface area contributed by atoms with Crippen molar-refractivity contribution < 1.29 is 8.42 Å². The summed E-state index contributed by atoms with van der Waals surface area (Å²) in [5.41, 5.74) is 1.22. The molecule has 0 amide bonds. The standard InChI is InChI=1S/C19H29N5O2S2/c1-2-3-15-28(25,26)20-9-10-23-11-13-24(14-12-23)19-21-18(22-27-19)16-17-7-5-4-6-8-17/h4-8,20H,2-3,9-16H2,1H3. The van der Waals surface area contributed by atoms with E-state index in [1.807, 2.05) is 25.1 Å². The number of aromatic nitrogens is 2. The molecule has 7 nitrogen and oxygen atoms in total. The highest BCUT2D eigenvalue weighted by molar-refractivity contribution is 7.89. The van der Waals surface area contributed by atoms with E-state index in [9.17, 15) is 8.42 Å². The predicted octanol–water partition coefficient (Wildman–Crippen LogP) is 1.97. The zero-order valence-electron chi connectivity index (χ0n) is 16.4. The molecule has 0 unspecified atom stereocenters. The first-order chi connectivity index (χ1) is 13.6. The average molecular weight is 424 g/mol. The molecule has 1 aromatic heterocycles. The Bertz CT molecular complexity index is 818. The fourth-order valence-corrected chi connectivity index (χ4v) is 5.10.